The Kier molecular flexibility index (Phi) is 4.33. The highest BCUT2D eigenvalue weighted by atomic mass is 32.2. The molecule has 0 bridgehead atoms. The van der Waals surface area contributed by atoms with Gasteiger partial charge in [-0.25, -0.2) is 0 Å². The van der Waals surface area contributed by atoms with Gasteiger partial charge in [0.25, 0.3) is 0 Å². The molecular weight excluding hydrogens is 252 g/mol. The van der Waals surface area contributed by atoms with E-state index in [0.29, 0.717) is 19.0 Å². The van der Waals surface area contributed by atoms with Gasteiger partial charge >= 0.3 is 0 Å². The van der Waals surface area contributed by atoms with Crippen LogP contribution < -0.4 is 20.1 Å². The van der Waals surface area contributed by atoms with Gasteiger partial charge in [-0.1, -0.05) is 0 Å². The van der Waals surface area contributed by atoms with E-state index in [2.05, 4.69) is 10.6 Å². The number of ether oxygens (including phenoxy) is 2. The molecule has 5 nitrogen and oxygen atoms in total. The van der Waals surface area contributed by atoms with Crippen molar-refractivity contribution in [2.45, 2.75) is 4.90 Å². The Morgan fingerprint density at radius 3 is 2.61 bits per heavy atom. The maximum absolute atomic E-state index is 11.6. The number of thioether (sulfide) groups is 1. The normalized spacial score (nSPS) is 13.2. The van der Waals surface area contributed by atoms with Crippen LogP contribution in [0.3, 0.4) is 0 Å². The van der Waals surface area contributed by atoms with Gasteiger partial charge in [0.2, 0.25) is 5.91 Å². The molecule has 1 aromatic rings. The summed E-state index contributed by atoms with van der Waals surface area (Å²) in [5.74, 6) is 1.33. The number of amides is 1. The van der Waals surface area contributed by atoms with E-state index in [1.54, 1.807) is 18.8 Å². The zero-order valence-electron chi connectivity index (χ0n) is 10.4. The Bertz CT molecular complexity index is 451. The van der Waals surface area contributed by atoms with Crippen molar-refractivity contribution in [3.05, 3.63) is 12.1 Å². The molecule has 0 saturated carbocycles. The lowest BCUT2D eigenvalue weighted by Gasteiger charge is -2.20. The highest BCUT2D eigenvalue weighted by molar-refractivity contribution is 7.98. The molecule has 0 atom stereocenters. The second kappa shape index (κ2) is 5.97. The first kappa shape index (κ1) is 13.0. The molecule has 18 heavy (non-hydrogen) atoms. The summed E-state index contributed by atoms with van der Waals surface area (Å²) in [6.45, 7) is 1.38. The number of benzene rings is 1. The molecule has 0 aromatic heterocycles. The molecule has 1 aliphatic rings. The summed E-state index contributed by atoms with van der Waals surface area (Å²) in [6.07, 6.45) is 1.96. The largest absolute Gasteiger partial charge is 0.486 e. The minimum Gasteiger partial charge on any atom is -0.486 e. The van der Waals surface area contributed by atoms with Crippen LogP contribution in [-0.4, -0.2) is 39.0 Å². The maximum atomic E-state index is 11.6. The number of hydrogen-bond acceptors (Lipinski definition) is 5. The van der Waals surface area contributed by atoms with Crippen LogP contribution in [0.1, 0.15) is 0 Å². The van der Waals surface area contributed by atoms with Crippen LogP contribution in [0.25, 0.3) is 0 Å². The average molecular weight is 268 g/mol. The minimum absolute atomic E-state index is 0.0792. The van der Waals surface area contributed by atoms with Crippen LogP contribution in [0.4, 0.5) is 5.69 Å². The molecule has 0 spiro atoms. The summed E-state index contributed by atoms with van der Waals surface area (Å²) in [5, 5.41) is 5.67. The minimum atomic E-state index is -0.0792. The topological polar surface area (TPSA) is 59.6 Å². The third-order valence-electron chi connectivity index (χ3n) is 2.48. The van der Waals surface area contributed by atoms with E-state index in [9.17, 15) is 4.79 Å². The van der Waals surface area contributed by atoms with Gasteiger partial charge in [-0.3, -0.25) is 4.79 Å². The number of rotatable bonds is 4. The molecule has 1 aliphatic heterocycles. The van der Waals surface area contributed by atoms with Crippen LogP contribution in [-0.2, 0) is 4.79 Å². The number of carbonyl (C=O) groups excluding carboxylic acids is 1. The van der Waals surface area contributed by atoms with E-state index in [4.69, 9.17) is 9.47 Å². The fourth-order valence-electron chi connectivity index (χ4n) is 1.69. The van der Waals surface area contributed by atoms with Crippen LogP contribution in [0.5, 0.6) is 11.5 Å². The van der Waals surface area contributed by atoms with E-state index in [1.807, 2.05) is 18.4 Å². The average Bonchev–Trinajstić information content (AvgIpc) is 2.38. The quantitative estimate of drug-likeness (QED) is 0.807. The molecule has 1 heterocycles. The monoisotopic (exact) mass is 268 g/mol. The van der Waals surface area contributed by atoms with Crippen molar-refractivity contribution >= 4 is 23.4 Å². The molecule has 0 radical (unpaired) electrons. The highest BCUT2D eigenvalue weighted by Gasteiger charge is 2.16. The van der Waals surface area contributed by atoms with Crippen molar-refractivity contribution in [2.24, 2.45) is 0 Å². The number of likely N-dealkylation sites (N-methyl/N-ethyl adjacent to an activating group) is 1. The Hall–Kier alpha value is -1.40. The van der Waals surface area contributed by atoms with Crippen LogP contribution in [0.2, 0.25) is 0 Å². The maximum Gasteiger partial charge on any atom is 0.238 e. The van der Waals surface area contributed by atoms with Crippen LogP contribution in [0, 0.1) is 0 Å². The van der Waals surface area contributed by atoms with Gasteiger partial charge < -0.3 is 20.1 Å². The second-order valence-electron chi connectivity index (χ2n) is 3.77. The smallest absolute Gasteiger partial charge is 0.238 e. The molecule has 0 saturated heterocycles. The number of carbonyl (C=O) groups is 1. The Labute approximate surface area is 110 Å². The highest BCUT2D eigenvalue weighted by Crippen LogP contribution is 2.39. The molecule has 2 N–H and O–H groups in total. The lowest BCUT2D eigenvalue weighted by molar-refractivity contribution is -0.115. The zero-order valence-corrected chi connectivity index (χ0v) is 11.2. The fourth-order valence-corrected chi connectivity index (χ4v) is 2.25. The van der Waals surface area contributed by atoms with Gasteiger partial charge in [0.15, 0.2) is 11.5 Å². The summed E-state index contributed by atoms with van der Waals surface area (Å²) in [6, 6.07) is 3.71. The van der Waals surface area contributed by atoms with E-state index in [1.165, 1.54) is 0 Å². The Balaban J connectivity index is 2.25. The summed E-state index contributed by atoms with van der Waals surface area (Å²) in [4.78, 5) is 12.6. The van der Waals surface area contributed by atoms with Gasteiger partial charge in [-0.15, -0.1) is 11.8 Å². The van der Waals surface area contributed by atoms with Crippen LogP contribution >= 0.6 is 11.8 Å². The molecule has 1 aromatic carbocycles. The molecule has 2 rings (SSSR count). The predicted molar refractivity (Wildman–Crippen MR) is 71.8 cm³/mol. The van der Waals surface area contributed by atoms with E-state index < -0.39 is 0 Å². The van der Waals surface area contributed by atoms with Crippen molar-refractivity contribution in [1.82, 2.24) is 5.32 Å². The molecule has 1 amide bonds. The summed E-state index contributed by atoms with van der Waals surface area (Å²) < 4.78 is 11.0. The predicted octanol–water partition coefficient (Wildman–Crippen LogP) is 1.34. The third-order valence-corrected chi connectivity index (χ3v) is 3.25. The first-order valence-corrected chi connectivity index (χ1v) is 6.89. The molecule has 0 fully saturated rings. The van der Waals surface area contributed by atoms with E-state index in [0.717, 1.165) is 16.3 Å². The number of hydrogen-bond donors (Lipinski definition) is 2. The first-order chi connectivity index (χ1) is 8.74. The van der Waals surface area contributed by atoms with Crippen molar-refractivity contribution in [3.8, 4) is 11.5 Å². The van der Waals surface area contributed by atoms with Crippen molar-refractivity contribution in [2.75, 3.05) is 38.4 Å². The van der Waals surface area contributed by atoms with E-state index >= 15 is 0 Å². The molecule has 98 valence electrons. The number of anilines is 1. The summed E-state index contributed by atoms with van der Waals surface area (Å²) in [7, 11) is 1.73. The molecule has 0 aliphatic carbocycles. The third kappa shape index (κ3) is 2.88. The van der Waals surface area contributed by atoms with Crippen LogP contribution in [0.15, 0.2) is 17.0 Å². The second-order valence-corrected chi connectivity index (χ2v) is 4.62. The van der Waals surface area contributed by atoms with Crippen molar-refractivity contribution in [1.29, 1.82) is 0 Å². The summed E-state index contributed by atoms with van der Waals surface area (Å²) in [5.41, 5.74) is 0.756. The fraction of sp³-hybridized carbons (Fsp3) is 0.417. The first-order valence-electron chi connectivity index (χ1n) is 5.66. The molecule has 6 heteroatoms. The SMILES string of the molecule is CNCC(=O)Nc1cc2c(cc1SC)OCCO2. The summed E-state index contributed by atoms with van der Waals surface area (Å²) >= 11 is 1.56. The Morgan fingerprint density at radius 2 is 2.00 bits per heavy atom. The molecule has 0 unspecified atom stereocenters. The molecular formula is C12H16N2O3S. The lowest BCUT2D eigenvalue weighted by Crippen LogP contribution is -2.25. The Morgan fingerprint density at radius 1 is 1.33 bits per heavy atom. The lowest BCUT2D eigenvalue weighted by atomic mass is 10.2. The van der Waals surface area contributed by atoms with E-state index in [-0.39, 0.29) is 12.5 Å². The van der Waals surface area contributed by atoms with Gasteiger partial charge in [0.1, 0.15) is 13.2 Å². The van der Waals surface area contributed by atoms with Gasteiger partial charge in [0.05, 0.1) is 12.2 Å². The zero-order chi connectivity index (χ0) is 13.0. The van der Waals surface area contributed by atoms with Crippen molar-refractivity contribution in [3.63, 3.8) is 0 Å². The van der Waals surface area contributed by atoms with Crippen molar-refractivity contribution < 1.29 is 14.3 Å². The van der Waals surface area contributed by atoms with Gasteiger partial charge in [0, 0.05) is 11.0 Å². The van der Waals surface area contributed by atoms with Gasteiger partial charge in [-0.2, -0.15) is 0 Å². The van der Waals surface area contributed by atoms with Gasteiger partial charge in [-0.05, 0) is 19.4 Å². The standard InChI is InChI=1S/C12H16N2O3S/c1-13-7-12(15)14-8-5-9-10(6-11(8)18-2)17-4-3-16-9/h5-6,13H,3-4,7H2,1-2H3,(H,14,15). The number of fused-ring (bicyclic) bond motifs is 1. The number of nitrogens with one attached hydrogen (secondary N) is 2.